The van der Waals surface area contributed by atoms with Crippen molar-refractivity contribution in [2.24, 2.45) is 5.73 Å². The summed E-state index contributed by atoms with van der Waals surface area (Å²) in [4.78, 5) is 32.9. The van der Waals surface area contributed by atoms with Gasteiger partial charge in [-0.25, -0.2) is 9.37 Å². The smallest absolute Gasteiger partial charge is 0.419 e. The second-order valence-corrected chi connectivity index (χ2v) is 9.15. The monoisotopic (exact) mass is 556 g/mol. The van der Waals surface area contributed by atoms with Gasteiger partial charge in [-0.2, -0.15) is 13.2 Å². The molecular formula is C29H28F4N4O3. The van der Waals surface area contributed by atoms with Crippen LogP contribution in [0, 0.1) is 5.82 Å². The van der Waals surface area contributed by atoms with E-state index in [2.05, 4.69) is 0 Å². The first-order chi connectivity index (χ1) is 19.1. The fraction of sp³-hybridized carbons (Fsp3) is 0.276. The molecule has 210 valence electrons. The lowest BCUT2D eigenvalue weighted by Crippen LogP contribution is -2.37. The average molecular weight is 557 g/mol. The van der Waals surface area contributed by atoms with Crippen LogP contribution < -0.4 is 16.0 Å². The molecule has 0 bridgehead atoms. The number of fused-ring (bicyclic) bond motifs is 1. The molecule has 0 aliphatic carbocycles. The van der Waals surface area contributed by atoms with E-state index in [1.54, 1.807) is 48.5 Å². The summed E-state index contributed by atoms with van der Waals surface area (Å²) in [5.41, 5.74) is 5.19. The zero-order chi connectivity index (χ0) is 28.9. The zero-order valence-electron chi connectivity index (χ0n) is 21.7. The van der Waals surface area contributed by atoms with Gasteiger partial charge in [0.25, 0.3) is 5.56 Å². The van der Waals surface area contributed by atoms with E-state index in [0.29, 0.717) is 47.2 Å². The number of carbonyl (C=O) groups excluding carboxylic acids is 1. The molecule has 0 saturated heterocycles. The van der Waals surface area contributed by atoms with Crippen LogP contribution in [0.5, 0.6) is 5.75 Å². The number of halogens is 4. The number of hydrogen-bond acceptors (Lipinski definition) is 5. The summed E-state index contributed by atoms with van der Waals surface area (Å²) in [5.74, 6) is -0.813. The first-order valence-corrected chi connectivity index (χ1v) is 12.6. The molecule has 0 radical (unpaired) electrons. The highest BCUT2D eigenvalue weighted by Crippen LogP contribution is 2.31. The Labute approximate surface area is 227 Å². The maximum atomic E-state index is 14.1. The highest BCUT2D eigenvalue weighted by atomic mass is 19.4. The highest BCUT2D eigenvalue weighted by Gasteiger charge is 2.34. The molecule has 1 heterocycles. The molecule has 0 aliphatic heterocycles. The molecule has 1 aromatic heterocycles. The number of para-hydroxylation sites is 1. The van der Waals surface area contributed by atoms with Crippen LogP contribution in [0.1, 0.15) is 23.4 Å². The number of benzene rings is 3. The van der Waals surface area contributed by atoms with Gasteiger partial charge in [0, 0.05) is 19.5 Å². The van der Waals surface area contributed by atoms with Crippen molar-refractivity contribution in [3.8, 4) is 11.4 Å². The summed E-state index contributed by atoms with van der Waals surface area (Å²) >= 11 is 0. The van der Waals surface area contributed by atoms with Crippen LogP contribution in [-0.2, 0) is 23.8 Å². The third kappa shape index (κ3) is 6.48. The number of nitrogens with two attached hydrogens (primary N) is 1. The van der Waals surface area contributed by atoms with E-state index in [1.807, 2.05) is 0 Å². The van der Waals surface area contributed by atoms with Gasteiger partial charge in [0.15, 0.2) is 0 Å². The SMILES string of the molecule is COc1ccc(-n2c(CCN(CCCN)C(=O)Cc3ccc(C(F)(F)F)c(F)c3)nc3ccccc3c2=O)cc1. The van der Waals surface area contributed by atoms with Crippen LogP contribution in [0.4, 0.5) is 17.6 Å². The molecule has 0 fully saturated rings. The summed E-state index contributed by atoms with van der Waals surface area (Å²) in [6, 6.07) is 16.3. The van der Waals surface area contributed by atoms with Crippen molar-refractivity contribution < 1.29 is 27.1 Å². The Kier molecular flexibility index (Phi) is 8.83. The van der Waals surface area contributed by atoms with Crippen LogP contribution >= 0.6 is 0 Å². The van der Waals surface area contributed by atoms with Gasteiger partial charge >= 0.3 is 6.18 Å². The third-order valence-corrected chi connectivity index (χ3v) is 6.46. The lowest BCUT2D eigenvalue weighted by Gasteiger charge is -2.24. The summed E-state index contributed by atoms with van der Waals surface area (Å²) in [5, 5.41) is 0.433. The van der Waals surface area contributed by atoms with E-state index in [0.717, 1.165) is 12.1 Å². The molecule has 2 N–H and O–H groups in total. The quantitative estimate of drug-likeness (QED) is 0.290. The van der Waals surface area contributed by atoms with Gasteiger partial charge in [-0.15, -0.1) is 0 Å². The number of aromatic nitrogens is 2. The molecule has 7 nitrogen and oxygen atoms in total. The molecule has 3 aromatic carbocycles. The highest BCUT2D eigenvalue weighted by molar-refractivity contribution is 5.79. The summed E-state index contributed by atoms with van der Waals surface area (Å²) in [6.45, 7) is 0.741. The molecule has 0 spiro atoms. The standard InChI is InChI=1S/C29H28F4N4O3/c1-40-21-10-8-20(9-11-21)37-26(35-25-6-3-2-5-22(25)28(37)39)13-16-36(15-4-14-34)27(38)18-19-7-12-23(24(30)17-19)29(31,32)33/h2-3,5-12,17H,4,13-16,18,34H2,1H3. The molecule has 0 unspecified atom stereocenters. The molecule has 1 amide bonds. The van der Waals surface area contributed by atoms with Crippen LogP contribution in [-0.4, -0.2) is 47.1 Å². The third-order valence-electron chi connectivity index (χ3n) is 6.46. The topological polar surface area (TPSA) is 90.4 Å². The number of carbonyl (C=O) groups is 1. The van der Waals surface area contributed by atoms with Gasteiger partial charge in [0.1, 0.15) is 17.4 Å². The Morgan fingerprint density at radius 3 is 2.42 bits per heavy atom. The Morgan fingerprint density at radius 2 is 1.77 bits per heavy atom. The molecule has 40 heavy (non-hydrogen) atoms. The number of nitrogens with zero attached hydrogens (tertiary/aromatic N) is 3. The molecular weight excluding hydrogens is 528 g/mol. The first-order valence-electron chi connectivity index (χ1n) is 12.6. The van der Waals surface area contributed by atoms with E-state index in [1.165, 1.54) is 16.6 Å². The van der Waals surface area contributed by atoms with Gasteiger partial charge in [0.2, 0.25) is 5.91 Å². The van der Waals surface area contributed by atoms with Crippen LogP contribution in [0.15, 0.2) is 71.5 Å². The van der Waals surface area contributed by atoms with Crippen LogP contribution in [0.3, 0.4) is 0 Å². The molecule has 4 aromatic rings. The lowest BCUT2D eigenvalue weighted by atomic mass is 10.1. The fourth-order valence-corrected chi connectivity index (χ4v) is 4.41. The largest absolute Gasteiger partial charge is 0.497 e. The van der Waals surface area contributed by atoms with E-state index >= 15 is 0 Å². The predicted molar refractivity (Wildman–Crippen MR) is 143 cm³/mol. The van der Waals surface area contributed by atoms with Crippen LogP contribution in [0.25, 0.3) is 16.6 Å². The van der Waals surface area contributed by atoms with Gasteiger partial charge in [-0.1, -0.05) is 18.2 Å². The molecule has 0 aliphatic rings. The zero-order valence-corrected chi connectivity index (χ0v) is 21.7. The van der Waals surface area contributed by atoms with Crippen molar-refractivity contribution in [2.45, 2.75) is 25.4 Å². The van der Waals surface area contributed by atoms with Gasteiger partial charge < -0.3 is 15.4 Å². The molecule has 0 saturated carbocycles. The fourth-order valence-electron chi connectivity index (χ4n) is 4.41. The predicted octanol–water partition coefficient (Wildman–Crippen LogP) is 4.51. The first kappa shape index (κ1) is 28.8. The van der Waals surface area contributed by atoms with Crippen molar-refractivity contribution >= 4 is 16.8 Å². The molecule has 11 heteroatoms. The Bertz CT molecular complexity index is 1550. The van der Waals surface area contributed by atoms with E-state index < -0.39 is 23.5 Å². The number of alkyl halides is 3. The number of ether oxygens (including phenoxy) is 1. The van der Waals surface area contributed by atoms with Crippen molar-refractivity contribution in [3.63, 3.8) is 0 Å². The van der Waals surface area contributed by atoms with Gasteiger partial charge in [0.05, 0.1) is 35.7 Å². The van der Waals surface area contributed by atoms with Gasteiger partial charge in [-0.3, -0.25) is 14.2 Å². The minimum atomic E-state index is -4.83. The number of methoxy groups -OCH3 is 1. The Balaban J connectivity index is 1.63. The summed E-state index contributed by atoms with van der Waals surface area (Å²) < 4.78 is 59.6. The Hall–Kier alpha value is -4.25. The summed E-state index contributed by atoms with van der Waals surface area (Å²) in [6.07, 6.45) is -4.45. The number of rotatable bonds is 10. The second kappa shape index (κ2) is 12.3. The average Bonchev–Trinajstić information content (AvgIpc) is 2.92. The van der Waals surface area contributed by atoms with Gasteiger partial charge in [-0.05, 0) is 67.1 Å². The normalized spacial score (nSPS) is 11.6. The van der Waals surface area contributed by atoms with Crippen LogP contribution in [0.2, 0.25) is 0 Å². The van der Waals surface area contributed by atoms with E-state index in [9.17, 15) is 27.2 Å². The van der Waals surface area contributed by atoms with Crippen molar-refractivity contribution in [3.05, 3.63) is 99.9 Å². The lowest BCUT2D eigenvalue weighted by molar-refractivity contribution is -0.140. The number of amides is 1. The van der Waals surface area contributed by atoms with Crippen molar-refractivity contribution in [2.75, 3.05) is 26.7 Å². The second-order valence-electron chi connectivity index (χ2n) is 9.15. The van der Waals surface area contributed by atoms with E-state index in [4.69, 9.17) is 15.5 Å². The molecule has 0 atom stereocenters. The van der Waals surface area contributed by atoms with E-state index in [-0.39, 0.29) is 37.1 Å². The summed E-state index contributed by atoms with van der Waals surface area (Å²) in [7, 11) is 1.54. The minimum Gasteiger partial charge on any atom is -0.497 e. The maximum absolute atomic E-state index is 14.1. The minimum absolute atomic E-state index is 0.118. The maximum Gasteiger partial charge on any atom is 0.419 e. The molecule has 4 rings (SSSR count). The van der Waals surface area contributed by atoms with Crippen molar-refractivity contribution in [1.29, 1.82) is 0 Å². The Morgan fingerprint density at radius 1 is 1.05 bits per heavy atom. The number of hydrogen-bond donors (Lipinski definition) is 1. The van der Waals surface area contributed by atoms with Crippen molar-refractivity contribution in [1.82, 2.24) is 14.5 Å².